The van der Waals surface area contributed by atoms with Crippen molar-refractivity contribution in [2.75, 3.05) is 11.9 Å². The summed E-state index contributed by atoms with van der Waals surface area (Å²) in [5.41, 5.74) is 3.38. The van der Waals surface area contributed by atoms with Crippen LogP contribution in [0.25, 0.3) is 0 Å². The van der Waals surface area contributed by atoms with Crippen LogP contribution in [0.5, 0.6) is 11.5 Å². The first kappa shape index (κ1) is 17.9. The zero-order valence-corrected chi connectivity index (χ0v) is 15.3. The maximum atomic E-state index is 5.96. The lowest BCUT2D eigenvalue weighted by Gasteiger charge is -2.17. The number of hydrogen-bond donors (Lipinski definition) is 1. The highest BCUT2D eigenvalue weighted by molar-refractivity contribution is 5.48. The summed E-state index contributed by atoms with van der Waals surface area (Å²) in [7, 11) is 0. The van der Waals surface area contributed by atoms with Crippen LogP contribution in [-0.4, -0.2) is 12.6 Å². The van der Waals surface area contributed by atoms with Crippen LogP contribution in [-0.2, 0) is 6.61 Å². The summed E-state index contributed by atoms with van der Waals surface area (Å²) < 4.78 is 11.8. The molecule has 1 atom stereocenters. The summed E-state index contributed by atoms with van der Waals surface area (Å²) >= 11 is 0. The topological polar surface area (TPSA) is 30.5 Å². The van der Waals surface area contributed by atoms with Crippen molar-refractivity contribution in [2.45, 2.75) is 26.6 Å². The van der Waals surface area contributed by atoms with E-state index < -0.39 is 0 Å². The summed E-state index contributed by atoms with van der Waals surface area (Å²) in [6, 6.07) is 26.3. The minimum absolute atomic E-state index is 0.0608. The molecule has 0 heterocycles. The lowest BCUT2D eigenvalue weighted by molar-refractivity contribution is 0.234. The van der Waals surface area contributed by atoms with Crippen LogP contribution in [0.4, 0.5) is 5.69 Å². The van der Waals surface area contributed by atoms with Gasteiger partial charge in [0.1, 0.15) is 24.2 Å². The Morgan fingerprint density at radius 2 is 1.62 bits per heavy atom. The van der Waals surface area contributed by atoms with Gasteiger partial charge >= 0.3 is 0 Å². The molecule has 0 aliphatic carbocycles. The van der Waals surface area contributed by atoms with Crippen molar-refractivity contribution in [3.05, 3.63) is 90.0 Å². The van der Waals surface area contributed by atoms with Crippen molar-refractivity contribution >= 4 is 5.69 Å². The third kappa shape index (κ3) is 5.55. The molecule has 0 unspecified atom stereocenters. The number of benzene rings is 3. The second-order valence-electron chi connectivity index (χ2n) is 6.43. The molecular weight excluding hydrogens is 322 g/mol. The molecule has 0 amide bonds. The molecule has 0 saturated carbocycles. The molecule has 3 heteroatoms. The Morgan fingerprint density at radius 1 is 0.846 bits per heavy atom. The molecule has 3 rings (SSSR count). The molecule has 3 aromatic rings. The van der Waals surface area contributed by atoms with Crippen molar-refractivity contribution in [2.24, 2.45) is 0 Å². The van der Waals surface area contributed by atoms with E-state index in [9.17, 15) is 0 Å². The molecule has 0 spiro atoms. The van der Waals surface area contributed by atoms with E-state index in [1.807, 2.05) is 54.6 Å². The molecule has 0 fully saturated rings. The van der Waals surface area contributed by atoms with Crippen LogP contribution in [0.1, 0.15) is 18.1 Å². The minimum Gasteiger partial charge on any atom is -0.489 e. The van der Waals surface area contributed by atoms with Gasteiger partial charge in [-0.3, -0.25) is 0 Å². The number of aryl methyl sites for hydroxylation is 1. The zero-order chi connectivity index (χ0) is 18.2. The second kappa shape index (κ2) is 8.95. The van der Waals surface area contributed by atoms with E-state index in [4.69, 9.17) is 9.47 Å². The van der Waals surface area contributed by atoms with Gasteiger partial charge in [-0.15, -0.1) is 0 Å². The number of rotatable bonds is 8. The highest BCUT2D eigenvalue weighted by Crippen LogP contribution is 2.19. The van der Waals surface area contributed by atoms with Gasteiger partial charge < -0.3 is 14.8 Å². The predicted octanol–water partition coefficient (Wildman–Crippen LogP) is 5.45. The van der Waals surface area contributed by atoms with Crippen LogP contribution in [0, 0.1) is 6.92 Å². The number of hydrogen-bond acceptors (Lipinski definition) is 3. The van der Waals surface area contributed by atoms with Gasteiger partial charge in [0.2, 0.25) is 0 Å². The van der Waals surface area contributed by atoms with E-state index in [0.717, 1.165) is 29.3 Å². The van der Waals surface area contributed by atoms with Crippen LogP contribution in [0.3, 0.4) is 0 Å². The van der Waals surface area contributed by atoms with Gasteiger partial charge in [0.25, 0.3) is 0 Å². The third-order valence-electron chi connectivity index (χ3n) is 4.00. The van der Waals surface area contributed by atoms with E-state index in [1.165, 1.54) is 5.56 Å². The molecule has 0 bridgehead atoms. The summed E-state index contributed by atoms with van der Waals surface area (Å²) in [4.78, 5) is 0. The minimum atomic E-state index is 0.0608. The van der Waals surface area contributed by atoms with E-state index in [2.05, 4.69) is 43.4 Å². The smallest absolute Gasteiger partial charge is 0.121 e. The van der Waals surface area contributed by atoms with Gasteiger partial charge in [-0.05, 0) is 49.2 Å². The van der Waals surface area contributed by atoms with Gasteiger partial charge in [-0.25, -0.2) is 0 Å². The molecule has 0 radical (unpaired) electrons. The zero-order valence-electron chi connectivity index (χ0n) is 15.3. The predicted molar refractivity (Wildman–Crippen MR) is 107 cm³/mol. The molecule has 134 valence electrons. The molecule has 3 nitrogen and oxygen atoms in total. The monoisotopic (exact) mass is 347 g/mol. The van der Waals surface area contributed by atoms with Crippen LogP contribution in [0.15, 0.2) is 78.9 Å². The molecule has 1 N–H and O–H groups in total. The lowest BCUT2D eigenvalue weighted by atomic mass is 10.2. The first-order valence-electron chi connectivity index (χ1n) is 8.93. The first-order valence-corrected chi connectivity index (χ1v) is 8.93. The van der Waals surface area contributed by atoms with Crippen molar-refractivity contribution in [1.29, 1.82) is 0 Å². The summed E-state index contributed by atoms with van der Waals surface area (Å²) in [5.74, 6) is 1.75. The van der Waals surface area contributed by atoms with Gasteiger partial charge in [0.15, 0.2) is 0 Å². The summed E-state index contributed by atoms with van der Waals surface area (Å²) in [6.45, 7) is 5.41. The molecular formula is C23H25NO2. The van der Waals surface area contributed by atoms with Crippen LogP contribution >= 0.6 is 0 Å². The van der Waals surface area contributed by atoms with Gasteiger partial charge in [-0.1, -0.05) is 48.5 Å². The van der Waals surface area contributed by atoms with Crippen molar-refractivity contribution in [3.63, 3.8) is 0 Å². The Balaban J connectivity index is 1.50. The molecule has 3 aromatic carbocycles. The van der Waals surface area contributed by atoms with Crippen molar-refractivity contribution in [3.8, 4) is 11.5 Å². The Bertz CT molecular complexity index is 817. The van der Waals surface area contributed by atoms with E-state index >= 15 is 0 Å². The average Bonchev–Trinajstić information content (AvgIpc) is 2.66. The van der Waals surface area contributed by atoms with E-state index in [0.29, 0.717) is 6.61 Å². The fourth-order valence-corrected chi connectivity index (χ4v) is 2.66. The lowest BCUT2D eigenvalue weighted by Crippen LogP contribution is -2.22. The third-order valence-corrected chi connectivity index (χ3v) is 4.00. The van der Waals surface area contributed by atoms with E-state index in [-0.39, 0.29) is 6.10 Å². The number of nitrogens with one attached hydrogen (secondary N) is 1. The Morgan fingerprint density at radius 3 is 2.42 bits per heavy atom. The van der Waals surface area contributed by atoms with E-state index in [1.54, 1.807) is 0 Å². The maximum absolute atomic E-state index is 5.96. The Labute approximate surface area is 155 Å². The van der Waals surface area contributed by atoms with Crippen LogP contribution < -0.4 is 14.8 Å². The quantitative estimate of drug-likeness (QED) is 0.587. The fraction of sp³-hybridized carbons (Fsp3) is 0.217. The molecule has 0 aliphatic rings. The normalized spacial score (nSPS) is 11.6. The first-order chi connectivity index (χ1) is 12.7. The Kier molecular flexibility index (Phi) is 6.15. The summed E-state index contributed by atoms with van der Waals surface area (Å²) in [6.07, 6.45) is 0.0608. The van der Waals surface area contributed by atoms with Gasteiger partial charge in [-0.2, -0.15) is 0 Å². The molecule has 0 aromatic heterocycles. The second-order valence-corrected chi connectivity index (χ2v) is 6.43. The number of anilines is 1. The SMILES string of the molecule is Cc1cccc(O[C@H](C)CNc2cccc(OCc3ccccc3)c2)c1. The highest BCUT2D eigenvalue weighted by atomic mass is 16.5. The molecule has 0 saturated heterocycles. The van der Waals surface area contributed by atoms with Gasteiger partial charge in [0, 0.05) is 11.8 Å². The van der Waals surface area contributed by atoms with Gasteiger partial charge in [0.05, 0.1) is 6.54 Å². The van der Waals surface area contributed by atoms with Crippen molar-refractivity contribution < 1.29 is 9.47 Å². The highest BCUT2D eigenvalue weighted by Gasteiger charge is 2.05. The standard InChI is InChI=1S/C23H25NO2/c1-18-8-6-13-23(14-18)26-19(2)16-24-21-11-7-12-22(15-21)25-17-20-9-4-3-5-10-20/h3-15,19,24H,16-17H2,1-2H3/t19-/m1/s1. The number of ether oxygens (including phenoxy) is 2. The molecule has 26 heavy (non-hydrogen) atoms. The largest absolute Gasteiger partial charge is 0.489 e. The Hall–Kier alpha value is -2.94. The van der Waals surface area contributed by atoms with Crippen LogP contribution in [0.2, 0.25) is 0 Å². The maximum Gasteiger partial charge on any atom is 0.121 e. The van der Waals surface area contributed by atoms with Crippen molar-refractivity contribution in [1.82, 2.24) is 0 Å². The fourth-order valence-electron chi connectivity index (χ4n) is 2.66. The average molecular weight is 347 g/mol. The summed E-state index contributed by atoms with van der Waals surface area (Å²) in [5, 5.41) is 3.41. The molecule has 0 aliphatic heterocycles.